The summed E-state index contributed by atoms with van der Waals surface area (Å²) in [6.07, 6.45) is 4.68. The monoisotopic (exact) mass is 197 g/mol. The van der Waals surface area contributed by atoms with E-state index >= 15 is 0 Å². The average Bonchev–Trinajstić information content (AvgIpc) is 2.15. The van der Waals surface area contributed by atoms with Crippen LogP contribution in [0.15, 0.2) is 18.2 Å². The van der Waals surface area contributed by atoms with E-state index in [-0.39, 0.29) is 0 Å². The Morgan fingerprint density at radius 2 is 1.86 bits per heavy atom. The number of hydrogen-bond acceptors (Lipinski definition) is 0. The van der Waals surface area contributed by atoms with Gasteiger partial charge in [0, 0.05) is 6.07 Å². The fraction of sp³-hybridized carbons (Fsp3) is 0.417. The van der Waals surface area contributed by atoms with Crippen LogP contribution in [0.25, 0.3) is 0 Å². The number of halogens is 2. The van der Waals surface area contributed by atoms with Gasteiger partial charge in [0.2, 0.25) is 0 Å². The molecule has 0 saturated heterocycles. The van der Waals surface area contributed by atoms with Gasteiger partial charge in [-0.15, -0.1) is 0 Å². The highest BCUT2D eigenvalue weighted by Crippen LogP contribution is 2.13. The summed E-state index contributed by atoms with van der Waals surface area (Å²) < 4.78 is 25.6. The third-order valence-electron chi connectivity index (χ3n) is 2.21. The average molecular weight is 197 g/mol. The Hall–Kier alpha value is -0.920. The Balaban J connectivity index is 2.42. The minimum atomic E-state index is -0.510. The van der Waals surface area contributed by atoms with Crippen LogP contribution in [-0.4, -0.2) is 0 Å². The Morgan fingerprint density at radius 1 is 1.07 bits per heavy atom. The minimum absolute atomic E-state index is 0.431. The smallest absolute Gasteiger partial charge is 0.129 e. The van der Waals surface area contributed by atoms with E-state index in [2.05, 4.69) is 6.92 Å². The fourth-order valence-electron chi connectivity index (χ4n) is 1.39. The van der Waals surface area contributed by atoms with Crippen molar-refractivity contribution >= 4 is 0 Å². The molecule has 0 nitrogen and oxygen atoms in total. The molecule has 0 saturated carbocycles. The number of unbranched alkanes of at least 4 members (excludes halogenated alkanes) is 3. The van der Waals surface area contributed by atoms with Crippen LogP contribution in [0, 0.1) is 18.6 Å². The van der Waals surface area contributed by atoms with Gasteiger partial charge in [-0.3, -0.25) is 0 Å². The van der Waals surface area contributed by atoms with Crippen LogP contribution in [0.4, 0.5) is 8.78 Å². The van der Waals surface area contributed by atoms with Crippen molar-refractivity contribution in [3.05, 3.63) is 42.3 Å². The van der Waals surface area contributed by atoms with Crippen LogP contribution in [-0.2, 0) is 6.42 Å². The molecule has 2 heteroatoms. The molecule has 0 aliphatic rings. The molecule has 1 rings (SSSR count). The van der Waals surface area contributed by atoms with Gasteiger partial charge in [-0.25, -0.2) is 8.78 Å². The maximum atomic E-state index is 13.1. The third kappa shape index (κ3) is 3.44. The molecule has 1 aromatic carbocycles. The van der Waals surface area contributed by atoms with Crippen molar-refractivity contribution in [1.29, 1.82) is 0 Å². The molecule has 1 radical (unpaired) electrons. The van der Waals surface area contributed by atoms with Crippen LogP contribution in [0.1, 0.15) is 31.2 Å². The quantitative estimate of drug-likeness (QED) is 0.628. The van der Waals surface area contributed by atoms with E-state index in [1.807, 2.05) is 0 Å². The second kappa shape index (κ2) is 5.74. The Labute approximate surface area is 84.0 Å². The van der Waals surface area contributed by atoms with Crippen molar-refractivity contribution in [2.75, 3.05) is 0 Å². The van der Waals surface area contributed by atoms with Gasteiger partial charge in [-0.1, -0.05) is 32.3 Å². The summed E-state index contributed by atoms with van der Waals surface area (Å²) in [6.45, 7) is 3.74. The molecule has 0 fully saturated rings. The molecule has 0 N–H and O–H groups in total. The zero-order valence-electron chi connectivity index (χ0n) is 8.23. The standard InChI is InChI=1S/C12H15F2/c1-2-3-4-5-6-10-7-8-11(13)9-12(10)14/h7-9H,1-6H2. The number of rotatable bonds is 5. The summed E-state index contributed by atoms with van der Waals surface area (Å²) in [5.74, 6) is -0.941. The van der Waals surface area contributed by atoms with Crippen molar-refractivity contribution in [1.82, 2.24) is 0 Å². The lowest BCUT2D eigenvalue weighted by Gasteiger charge is -2.02. The number of aryl methyl sites for hydroxylation is 1. The fourth-order valence-corrected chi connectivity index (χ4v) is 1.39. The van der Waals surface area contributed by atoms with Gasteiger partial charge in [-0.2, -0.15) is 0 Å². The first-order chi connectivity index (χ1) is 6.74. The SMILES string of the molecule is [CH2]CCCCCc1ccc(F)cc1F. The third-order valence-corrected chi connectivity index (χ3v) is 2.21. The Morgan fingerprint density at radius 3 is 2.50 bits per heavy atom. The zero-order valence-corrected chi connectivity index (χ0v) is 8.23. The van der Waals surface area contributed by atoms with Crippen LogP contribution >= 0.6 is 0 Å². The summed E-state index contributed by atoms with van der Waals surface area (Å²) in [5, 5.41) is 0. The molecule has 0 aliphatic carbocycles. The van der Waals surface area contributed by atoms with Crippen LogP contribution in [0.3, 0.4) is 0 Å². The minimum Gasteiger partial charge on any atom is -0.207 e. The maximum Gasteiger partial charge on any atom is 0.129 e. The van der Waals surface area contributed by atoms with E-state index in [4.69, 9.17) is 0 Å². The van der Waals surface area contributed by atoms with E-state index in [1.54, 1.807) is 0 Å². The molecule has 0 unspecified atom stereocenters. The molecule has 77 valence electrons. The van der Waals surface area contributed by atoms with Gasteiger partial charge in [-0.05, 0) is 24.5 Å². The van der Waals surface area contributed by atoms with Crippen LogP contribution in [0.2, 0.25) is 0 Å². The van der Waals surface area contributed by atoms with Gasteiger partial charge in [0.05, 0.1) is 0 Å². The van der Waals surface area contributed by atoms with E-state index in [0.717, 1.165) is 31.7 Å². The summed E-state index contributed by atoms with van der Waals surface area (Å²) in [4.78, 5) is 0. The summed E-state index contributed by atoms with van der Waals surface area (Å²) in [5.41, 5.74) is 0.607. The molecule has 0 aliphatic heterocycles. The van der Waals surface area contributed by atoms with Gasteiger partial charge in [0.15, 0.2) is 0 Å². The molecular formula is C12H15F2. The van der Waals surface area contributed by atoms with Gasteiger partial charge in [0.25, 0.3) is 0 Å². The molecule has 0 bridgehead atoms. The Kier molecular flexibility index (Phi) is 4.57. The topological polar surface area (TPSA) is 0 Å². The van der Waals surface area contributed by atoms with Crippen molar-refractivity contribution in [3.8, 4) is 0 Å². The van der Waals surface area contributed by atoms with E-state index in [1.165, 1.54) is 12.1 Å². The lowest BCUT2D eigenvalue weighted by Crippen LogP contribution is -1.92. The first kappa shape index (κ1) is 11.2. The van der Waals surface area contributed by atoms with E-state index in [9.17, 15) is 8.78 Å². The highest BCUT2D eigenvalue weighted by atomic mass is 19.1. The van der Waals surface area contributed by atoms with Crippen LogP contribution < -0.4 is 0 Å². The normalized spacial score (nSPS) is 10.5. The van der Waals surface area contributed by atoms with Crippen molar-refractivity contribution in [2.24, 2.45) is 0 Å². The maximum absolute atomic E-state index is 13.1. The van der Waals surface area contributed by atoms with Crippen molar-refractivity contribution in [3.63, 3.8) is 0 Å². The van der Waals surface area contributed by atoms with E-state index in [0.29, 0.717) is 12.0 Å². The largest absolute Gasteiger partial charge is 0.207 e. The van der Waals surface area contributed by atoms with E-state index < -0.39 is 11.6 Å². The summed E-state index contributed by atoms with van der Waals surface area (Å²) in [7, 11) is 0. The Bertz CT molecular complexity index is 282. The summed E-state index contributed by atoms with van der Waals surface area (Å²) in [6, 6.07) is 3.77. The highest BCUT2D eigenvalue weighted by molar-refractivity contribution is 5.18. The highest BCUT2D eigenvalue weighted by Gasteiger charge is 2.02. The lowest BCUT2D eigenvalue weighted by molar-refractivity contribution is 0.565. The predicted molar refractivity (Wildman–Crippen MR) is 53.9 cm³/mol. The summed E-state index contributed by atoms with van der Waals surface area (Å²) >= 11 is 0. The molecule has 1 aromatic rings. The second-order valence-electron chi connectivity index (χ2n) is 3.40. The molecule has 0 atom stereocenters. The van der Waals surface area contributed by atoms with Crippen molar-refractivity contribution in [2.45, 2.75) is 32.1 Å². The second-order valence-corrected chi connectivity index (χ2v) is 3.40. The van der Waals surface area contributed by atoms with Gasteiger partial charge in [0.1, 0.15) is 11.6 Å². The van der Waals surface area contributed by atoms with Crippen LogP contribution in [0.5, 0.6) is 0 Å². The molecule has 0 aromatic heterocycles. The molecule has 0 amide bonds. The first-order valence-electron chi connectivity index (χ1n) is 4.97. The zero-order chi connectivity index (χ0) is 10.4. The first-order valence-corrected chi connectivity index (χ1v) is 4.97. The molecule has 14 heavy (non-hydrogen) atoms. The lowest BCUT2D eigenvalue weighted by atomic mass is 10.1. The molecule has 0 heterocycles. The number of benzene rings is 1. The molecular weight excluding hydrogens is 182 g/mol. The number of hydrogen-bond donors (Lipinski definition) is 0. The predicted octanol–water partition coefficient (Wildman–Crippen LogP) is 3.90. The molecule has 0 spiro atoms. The van der Waals surface area contributed by atoms with Gasteiger partial charge >= 0.3 is 0 Å². The van der Waals surface area contributed by atoms with Gasteiger partial charge < -0.3 is 0 Å². The van der Waals surface area contributed by atoms with Crippen molar-refractivity contribution < 1.29 is 8.78 Å².